The van der Waals surface area contributed by atoms with E-state index in [9.17, 15) is 4.79 Å². The zero-order chi connectivity index (χ0) is 10.7. The minimum atomic E-state index is -0.504. The molecule has 76 valence electrons. The Labute approximate surface area is 89.3 Å². The van der Waals surface area contributed by atoms with Crippen LogP contribution in [0.1, 0.15) is 18.1 Å². The summed E-state index contributed by atoms with van der Waals surface area (Å²) in [5.74, 6) is -0.170. The van der Waals surface area contributed by atoms with Gasteiger partial charge < -0.3 is 5.32 Å². The van der Waals surface area contributed by atoms with E-state index in [1.165, 1.54) is 0 Å². The number of aryl methyl sites for hydroxylation is 2. The number of carbonyl (C=O) groups excluding carboxylic acids is 1. The first-order chi connectivity index (χ1) is 6.49. The smallest absolute Gasteiger partial charge is 0.242 e. The Bertz CT molecular complexity index is 327. The molecule has 0 aromatic heterocycles. The second kappa shape index (κ2) is 4.47. The predicted octanol–water partition coefficient (Wildman–Crippen LogP) is 2.87. The minimum Gasteiger partial charge on any atom is -0.325 e. The molecule has 0 radical (unpaired) electrons. The van der Waals surface area contributed by atoms with Crippen LogP contribution in [0.15, 0.2) is 18.2 Å². The van der Waals surface area contributed by atoms with Crippen LogP contribution >= 0.6 is 11.6 Å². The highest BCUT2D eigenvalue weighted by Gasteiger charge is 2.08. The molecule has 0 bridgehead atoms. The number of alkyl halides is 1. The highest BCUT2D eigenvalue weighted by Crippen LogP contribution is 2.14. The van der Waals surface area contributed by atoms with E-state index in [0.717, 1.165) is 16.8 Å². The van der Waals surface area contributed by atoms with Crippen molar-refractivity contribution in [3.8, 4) is 0 Å². The quantitative estimate of drug-likeness (QED) is 0.749. The van der Waals surface area contributed by atoms with Crippen molar-refractivity contribution in [3.63, 3.8) is 0 Å². The Balaban J connectivity index is 2.82. The Kier molecular flexibility index (Phi) is 3.53. The monoisotopic (exact) mass is 211 g/mol. The molecule has 14 heavy (non-hydrogen) atoms. The second-order valence-corrected chi connectivity index (χ2v) is 4.14. The maximum Gasteiger partial charge on any atom is 0.242 e. The average molecular weight is 212 g/mol. The van der Waals surface area contributed by atoms with Gasteiger partial charge >= 0.3 is 0 Å². The van der Waals surface area contributed by atoms with Crippen molar-refractivity contribution in [1.82, 2.24) is 0 Å². The molecule has 1 rings (SSSR count). The van der Waals surface area contributed by atoms with Crippen molar-refractivity contribution >= 4 is 23.2 Å². The predicted molar refractivity (Wildman–Crippen MR) is 59.9 cm³/mol. The number of hydrogen-bond donors (Lipinski definition) is 1. The lowest BCUT2D eigenvalue weighted by Crippen LogP contribution is -2.20. The third-order valence-electron chi connectivity index (χ3n) is 1.85. The topological polar surface area (TPSA) is 29.1 Å². The van der Waals surface area contributed by atoms with E-state index >= 15 is 0 Å². The lowest BCUT2D eigenvalue weighted by molar-refractivity contribution is -0.115. The van der Waals surface area contributed by atoms with Gasteiger partial charge in [-0.2, -0.15) is 0 Å². The zero-order valence-electron chi connectivity index (χ0n) is 8.60. The van der Waals surface area contributed by atoms with Crippen molar-refractivity contribution < 1.29 is 4.79 Å². The molecular formula is C11H14ClNO. The largest absolute Gasteiger partial charge is 0.325 e. The standard InChI is InChI=1S/C11H14ClNO/c1-7-4-8(2)6-10(5-7)13-11(14)9(3)12/h4-6,9H,1-3H3,(H,13,14)/t9-/m0/s1. The van der Waals surface area contributed by atoms with Gasteiger partial charge in [-0.25, -0.2) is 0 Å². The summed E-state index contributed by atoms with van der Waals surface area (Å²) >= 11 is 5.65. The van der Waals surface area contributed by atoms with E-state index in [1.807, 2.05) is 26.0 Å². The second-order valence-electron chi connectivity index (χ2n) is 3.48. The highest BCUT2D eigenvalue weighted by molar-refractivity contribution is 6.32. The maximum atomic E-state index is 11.3. The molecule has 3 heteroatoms. The van der Waals surface area contributed by atoms with Crippen molar-refractivity contribution in [2.24, 2.45) is 0 Å². The molecule has 1 aromatic rings. The average Bonchev–Trinajstić information content (AvgIpc) is 2.01. The number of anilines is 1. The number of nitrogens with one attached hydrogen (secondary N) is 1. The van der Waals surface area contributed by atoms with Gasteiger partial charge in [0.25, 0.3) is 0 Å². The van der Waals surface area contributed by atoms with Crippen LogP contribution in [-0.2, 0) is 4.79 Å². The van der Waals surface area contributed by atoms with Crippen LogP contribution in [0.3, 0.4) is 0 Å². The van der Waals surface area contributed by atoms with Crippen LogP contribution in [0.25, 0.3) is 0 Å². The van der Waals surface area contributed by atoms with Crippen LogP contribution in [0.5, 0.6) is 0 Å². The van der Waals surface area contributed by atoms with E-state index in [1.54, 1.807) is 6.92 Å². The maximum absolute atomic E-state index is 11.3. The Hall–Kier alpha value is -1.02. The summed E-state index contributed by atoms with van der Waals surface area (Å²) in [6.45, 7) is 5.64. The van der Waals surface area contributed by atoms with E-state index in [0.29, 0.717) is 0 Å². The first-order valence-electron chi connectivity index (χ1n) is 4.52. The molecule has 0 unspecified atom stereocenters. The number of carbonyl (C=O) groups is 1. The number of halogens is 1. The fraction of sp³-hybridized carbons (Fsp3) is 0.364. The van der Waals surface area contributed by atoms with Crippen LogP contribution in [-0.4, -0.2) is 11.3 Å². The van der Waals surface area contributed by atoms with E-state index < -0.39 is 5.38 Å². The fourth-order valence-electron chi connectivity index (χ4n) is 1.29. The molecular weight excluding hydrogens is 198 g/mol. The Morgan fingerprint density at radius 2 is 1.79 bits per heavy atom. The van der Waals surface area contributed by atoms with Gasteiger partial charge in [-0.15, -0.1) is 11.6 Å². The molecule has 2 nitrogen and oxygen atoms in total. The van der Waals surface area contributed by atoms with Crippen molar-refractivity contribution in [3.05, 3.63) is 29.3 Å². The molecule has 0 aliphatic heterocycles. The van der Waals surface area contributed by atoms with Crippen molar-refractivity contribution in [2.45, 2.75) is 26.1 Å². The van der Waals surface area contributed by atoms with E-state index in [2.05, 4.69) is 11.4 Å². The van der Waals surface area contributed by atoms with Gasteiger partial charge in [-0.3, -0.25) is 4.79 Å². The Morgan fingerprint density at radius 3 is 2.21 bits per heavy atom. The molecule has 0 spiro atoms. The first kappa shape index (κ1) is 11.1. The molecule has 0 fully saturated rings. The van der Waals surface area contributed by atoms with Gasteiger partial charge in [0.15, 0.2) is 0 Å². The van der Waals surface area contributed by atoms with Crippen LogP contribution in [0.4, 0.5) is 5.69 Å². The molecule has 0 aliphatic carbocycles. The third-order valence-corrected chi connectivity index (χ3v) is 2.05. The summed E-state index contributed by atoms with van der Waals surface area (Å²) < 4.78 is 0. The highest BCUT2D eigenvalue weighted by atomic mass is 35.5. The molecule has 1 amide bonds. The Morgan fingerprint density at radius 1 is 1.29 bits per heavy atom. The van der Waals surface area contributed by atoms with E-state index in [4.69, 9.17) is 11.6 Å². The van der Waals surface area contributed by atoms with Crippen LogP contribution in [0, 0.1) is 13.8 Å². The summed E-state index contributed by atoms with van der Waals surface area (Å²) in [4.78, 5) is 11.3. The number of benzene rings is 1. The molecule has 0 saturated carbocycles. The first-order valence-corrected chi connectivity index (χ1v) is 4.96. The molecule has 0 aliphatic rings. The summed E-state index contributed by atoms with van der Waals surface area (Å²) in [5.41, 5.74) is 3.06. The summed E-state index contributed by atoms with van der Waals surface area (Å²) in [6.07, 6.45) is 0. The number of rotatable bonds is 2. The molecule has 0 saturated heterocycles. The normalized spacial score (nSPS) is 12.3. The fourth-order valence-corrected chi connectivity index (χ4v) is 1.34. The van der Waals surface area contributed by atoms with Gasteiger partial charge in [0, 0.05) is 5.69 Å². The summed E-state index contributed by atoms with van der Waals surface area (Å²) in [6, 6.07) is 5.90. The van der Waals surface area contributed by atoms with Crippen molar-refractivity contribution in [1.29, 1.82) is 0 Å². The lowest BCUT2D eigenvalue weighted by atomic mass is 10.1. The minimum absolute atomic E-state index is 0.170. The SMILES string of the molecule is Cc1cc(C)cc(NC(=O)[C@H](C)Cl)c1. The summed E-state index contributed by atoms with van der Waals surface area (Å²) in [7, 11) is 0. The molecule has 1 aromatic carbocycles. The third kappa shape index (κ3) is 3.04. The van der Waals surface area contributed by atoms with Gasteiger partial charge in [-0.05, 0) is 44.0 Å². The number of amides is 1. The molecule has 1 N–H and O–H groups in total. The van der Waals surface area contributed by atoms with Gasteiger partial charge in [0.2, 0.25) is 5.91 Å². The van der Waals surface area contributed by atoms with Crippen molar-refractivity contribution in [2.75, 3.05) is 5.32 Å². The lowest BCUT2D eigenvalue weighted by Gasteiger charge is -2.08. The van der Waals surface area contributed by atoms with Crippen LogP contribution < -0.4 is 5.32 Å². The molecule has 1 atom stereocenters. The van der Waals surface area contributed by atoms with Gasteiger partial charge in [0.05, 0.1) is 0 Å². The summed E-state index contributed by atoms with van der Waals surface area (Å²) in [5, 5.41) is 2.25. The van der Waals surface area contributed by atoms with Gasteiger partial charge in [-0.1, -0.05) is 6.07 Å². The van der Waals surface area contributed by atoms with Crippen LogP contribution in [0.2, 0.25) is 0 Å². The van der Waals surface area contributed by atoms with Gasteiger partial charge in [0.1, 0.15) is 5.38 Å². The van der Waals surface area contributed by atoms with E-state index in [-0.39, 0.29) is 5.91 Å². The number of hydrogen-bond acceptors (Lipinski definition) is 1. The molecule has 0 heterocycles. The zero-order valence-corrected chi connectivity index (χ0v) is 9.35.